The van der Waals surface area contributed by atoms with Crippen molar-refractivity contribution in [2.75, 3.05) is 5.75 Å². The van der Waals surface area contributed by atoms with Crippen LogP contribution in [0, 0.1) is 0 Å². The molecule has 1 aliphatic carbocycles. The van der Waals surface area contributed by atoms with Crippen LogP contribution >= 0.6 is 23.1 Å². The summed E-state index contributed by atoms with van der Waals surface area (Å²) in [6, 6.07) is 0.561. The van der Waals surface area contributed by atoms with Crippen LogP contribution in [0.5, 0.6) is 0 Å². The lowest BCUT2D eigenvalue weighted by atomic mass is 9.98. The largest absolute Gasteiger partial charge is 0.337 e. The van der Waals surface area contributed by atoms with Gasteiger partial charge in [0.25, 0.3) is 5.56 Å². The number of thiophene rings is 1. The summed E-state index contributed by atoms with van der Waals surface area (Å²) < 4.78 is 1.68. The van der Waals surface area contributed by atoms with E-state index in [1.807, 2.05) is 4.90 Å². The Balaban J connectivity index is 1.63. The lowest BCUT2D eigenvalue weighted by Gasteiger charge is -2.39. The fourth-order valence-electron chi connectivity index (χ4n) is 4.57. The fraction of sp³-hybridized carbons (Fsp3) is 0.571. The first-order chi connectivity index (χ1) is 13.5. The quantitative estimate of drug-likeness (QED) is 0.419. The number of amides is 1. The van der Waals surface area contributed by atoms with E-state index in [4.69, 9.17) is 4.98 Å². The number of likely N-dealkylation sites (tertiary alicyclic amines) is 1. The molecule has 7 heteroatoms. The highest BCUT2D eigenvalue weighted by Gasteiger charge is 2.29. The highest BCUT2D eigenvalue weighted by atomic mass is 32.2. The van der Waals surface area contributed by atoms with Crippen molar-refractivity contribution < 1.29 is 4.79 Å². The van der Waals surface area contributed by atoms with Gasteiger partial charge in [-0.15, -0.1) is 17.9 Å². The van der Waals surface area contributed by atoms with E-state index in [1.165, 1.54) is 28.6 Å². The molecule has 1 fully saturated rings. The van der Waals surface area contributed by atoms with Crippen LogP contribution in [0.3, 0.4) is 0 Å². The predicted molar refractivity (Wildman–Crippen MR) is 116 cm³/mol. The molecule has 150 valence electrons. The number of piperidine rings is 1. The minimum Gasteiger partial charge on any atom is -0.337 e. The number of thioether (sulfide) groups is 1. The highest BCUT2D eigenvalue weighted by molar-refractivity contribution is 7.99. The number of carbonyl (C=O) groups excluding carboxylic acids is 1. The molecule has 0 aromatic carbocycles. The molecule has 2 atom stereocenters. The molecule has 2 aromatic rings. The van der Waals surface area contributed by atoms with Gasteiger partial charge in [0.1, 0.15) is 4.83 Å². The number of aromatic nitrogens is 2. The molecule has 28 heavy (non-hydrogen) atoms. The molecule has 5 nitrogen and oxygen atoms in total. The molecule has 0 N–H and O–H groups in total. The van der Waals surface area contributed by atoms with Crippen molar-refractivity contribution in [3.63, 3.8) is 0 Å². The molecule has 3 heterocycles. The van der Waals surface area contributed by atoms with Gasteiger partial charge < -0.3 is 4.90 Å². The average molecular weight is 418 g/mol. The number of hydrogen-bond acceptors (Lipinski definition) is 5. The monoisotopic (exact) mass is 417 g/mol. The summed E-state index contributed by atoms with van der Waals surface area (Å²) >= 11 is 3.03. The van der Waals surface area contributed by atoms with Crippen LogP contribution in [0.25, 0.3) is 10.2 Å². The standard InChI is InChI=1S/C21H27N3O2S2/c1-4-11-23-20(26)18-15-9-6-10-16(15)28-19(18)22-21(23)27-12-17(25)24-13(2)7-5-8-14(24)3/h4,13-14H,1,5-12H2,2-3H3. The normalized spacial score (nSPS) is 21.9. The Morgan fingerprint density at radius 3 is 2.75 bits per heavy atom. The summed E-state index contributed by atoms with van der Waals surface area (Å²) in [4.78, 5) is 35.0. The van der Waals surface area contributed by atoms with E-state index in [0.29, 0.717) is 17.5 Å². The van der Waals surface area contributed by atoms with E-state index in [9.17, 15) is 9.59 Å². The van der Waals surface area contributed by atoms with E-state index in [0.717, 1.165) is 42.3 Å². The summed E-state index contributed by atoms with van der Waals surface area (Å²) in [6.45, 7) is 8.47. The molecule has 2 unspecified atom stereocenters. The molecule has 2 aromatic heterocycles. The maximum atomic E-state index is 13.2. The summed E-state index contributed by atoms with van der Waals surface area (Å²) in [6.07, 6.45) is 8.16. The number of aryl methyl sites for hydroxylation is 2. The maximum absolute atomic E-state index is 13.2. The first-order valence-corrected chi connectivity index (χ1v) is 11.9. The van der Waals surface area contributed by atoms with Gasteiger partial charge in [-0.2, -0.15) is 0 Å². The minimum absolute atomic E-state index is 0.0129. The second-order valence-corrected chi connectivity index (χ2v) is 9.88. The van der Waals surface area contributed by atoms with Gasteiger partial charge in [-0.05, 0) is 57.9 Å². The van der Waals surface area contributed by atoms with Gasteiger partial charge in [0, 0.05) is 23.5 Å². The minimum atomic E-state index is 0.0129. The molecule has 1 aliphatic heterocycles. The van der Waals surface area contributed by atoms with E-state index < -0.39 is 0 Å². The van der Waals surface area contributed by atoms with Crippen molar-refractivity contribution in [3.8, 4) is 0 Å². The number of nitrogens with zero attached hydrogens (tertiary/aromatic N) is 3. The first kappa shape index (κ1) is 19.7. The predicted octanol–water partition coefficient (Wildman–Crippen LogP) is 4.01. The zero-order valence-corrected chi connectivity index (χ0v) is 18.2. The Labute approximate surface area is 173 Å². The Morgan fingerprint density at radius 2 is 2.04 bits per heavy atom. The van der Waals surface area contributed by atoms with E-state index in [-0.39, 0.29) is 23.6 Å². The smallest absolute Gasteiger partial charge is 0.263 e. The van der Waals surface area contributed by atoms with E-state index in [2.05, 4.69) is 20.4 Å². The second-order valence-electron chi connectivity index (χ2n) is 7.85. The number of fused-ring (bicyclic) bond motifs is 3. The van der Waals surface area contributed by atoms with Crippen LogP contribution in [0.15, 0.2) is 22.6 Å². The summed E-state index contributed by atoms with van der Waals surface area (Å²) in [5, 5.41) is 1.41. The molecule has 4 rings (SSSR count). The van der Waals surface area contributed by atoms with Gasteiger partial charge in [0.05, 0.1) is 11.1 Å². The van der Waals surface area contributed by atoms with Gasteiger partial charge in [0.2, 0.25) is 5.91 Å². The zero-order chi connectivity index (χ0) is 19.8. The molecule has 1 amide bonds. The lowest BCUT2D eigenvalue weighted by molar-refractivity contribution is -0.134. The van der Waals surface area contributed by atoms with Crippen LogP contribution in [0.2, 0.25) is 0 Å². The molecule has 0 saturated carbocycles. The molecule has 0 bridgehead atoms. The first-order valence-electron chi connectivity index (χ1n) is 10.1. The van der Waals surface area contributed by atoms with Crippen LogP contribution in [0.4, 0.5) is 0 Å². The zero-order valence-electron chi connectivity index (χ0n) is 16.6. The van der Waals surface area contributed by atoms with E-state index in [1.54, 1.807) is 22.0 Å². The van der Waals surface area contributed by atoms with Crippen LogP contribution in [0.1, 0.15) is 50.0 Å². The number of hydrogen-bond donors (Lipinski definition) is 0. The van der Waals surface area contributed by atoms with Crippen molar-refractivity contribution in [3.05, 3.63) is 33.4 Å². The Bertz CT molecular complexity index is 968. The number of allylic oxidation sites excluding steroid dienone is 1. The fourth-order valence-corrected chi connectivity index (χ4v) is 6.75. The molecular formula is C21H27N3O2S2. The van der Waals surface area contributed by atoms with Crippen molar-refractivity contribution in [1.29, 1.82) is 0 Å². The Kier molecular flexibility index (Phi) is 5.65. The summed E-state index contributed by atoms with van der Waals surface area (Å²) in [5.74, 6) is 0.451. The summed E-state index contributed by atoms with van der Waals surface area (Å²) in [5.41, 5.74) is 1.21. The molecule has 1 saturated heterocycles. The molecule has 0 radical (unpaired) electrons. The van der Waals surface area contributed by atoms with Gasteiger partial charge in [0.15, 0.2) is 5.16 Å². The molecule has 2 aliphatic rings. The molecular weight excluding hydrogens is 390 g/mol. The van der Waals surface area contributed by atoms with E-state index >= 15 is 0 Å². The third-order valence-corrected chi connectivity index (χ3v) is 8.05. The van der Waals surface area contributed by atoms with Crippen LogP contribution in [-0.4, -0.2) is 38.2 Å². The second kappa shape index (κ2) is 8.03. The maximum Gasteiger partial charge on any atom is 0.263 e. The average Bonchev–Trinajstić information content (AvgIpc) is 3.23. The van der Waals surface area contributed by atoms with Crippen molar-refractivity contribution in [2.45, 2.75) is 76.2 Å². The SMILES string of the molecule is C=CCn1c(SCC(=O)N2C(C)CCCC2C)nc2sc3c(c2c1=O)CCC3. The van der Waals surface area contributed by atoms with Crippen molar-refractivity contribution >= 4 is 39.2 Å². The highest BCUT2D eigenvalue weighted by Crippen LogP contribution is 2.35. The van der Waals surface area contributed by atoms with Crippen LogP contribution < -0.4 is 5.56 Å². The Morgan fingerprint density at radius 1 is 1.29 bits per heavy atom. The van der Waals surface area contributed by atoms with Gasteiger partial charge in [-0.25, -0.2) is 4.98 Å². The van der Waals surface area contributed by atoms with Crippen molar-refractivity contribution in [1.82, 2.24) is 14.5 Å². The van der Waals surface area contributed by atoms with Gasteiger partial charge >= 0.3 is 0 Å². The molecule has 0 spiro atoms. The topological polar surface area (TPSA) is 55.2 Å². The van der Waals surface area contributed by atoms with Gasteiger partial charge in [-0.1, -0.05) is 17.8 Å². The lowest BCUT2D eigenvalue weighted by Crippen LogP contribution is -2.48. The van der Waals surface area contributed by atoms with Crippen LogP contribution in [-0.2, 0) is 24.2 Å². The third kappa shape index (κ3) is 3.43. The summed E-state index contributed by atoms with van der Waals surface area (Å²) in [7, 11) is 0. The van der Waals surface area contributed by atoms with Crippen molar-refractivity contribution in [2.24, 2.45) is 0 Å². The third-order valence-electron chi connectivity index (χ3n) is 5.91. The number of carbonyl (C=O) groups is 1. The van der Waals surface area contributed by atoms with Gasteiger partial charge in [-0.3, -0.25) is 14.2 Å². The number of rotatable bonds is 5. The Hall–Kier alpha value is -1.60.